The van der Waals surface area contributed by atoms with E-state index in [1.165, 1.54) is 6.07 Å². The van der Waals surface area contributed by atoms with Crippen LogP contribution in [-0.2, 0) is 16.4 Å². The molecule has 90 valence electrons. The smallest absolute Gasteiger partial charge is 0.242 e. The van der Waals surface area contributed by atoms with Crippen LogP contribution in [0.3, 0.4) is 0 Å². The van der Waals surface area contributed by atoms with Crippen LogP contribution in [0.5, 0.6) is 5.75 Å². The van der Waals surface area contributed by atoms with Gasteiger partial charge in [0, 0.05) is 0 Å². The summed E-state index contributed by atoms with van der Waals surface area (Å²) in [5.41, 5.74) is 0.568. The van der Waals surface area contributed by atoms with Gasteiger partial charge >= 0.3 is 0 Å². The van der Waals surface area contributed by atoms with E-state index in [-0.39, 0.29) is 17.3 Å². The fraction of sp³-hybridized carbons (Fsp3) is 0.400. The molecule has 1 rings (SSSR count). The normalized spacial score (nSPS) is 11.4. The number of rotatable bonds is 5. The number of alkyl halides is 1. The fourth-order valence-electron chi connectivity index (χ4n) is 1.42. The molecule has 0 saturated carbocycles. The molecule has 1 aromatic carbocycles. The standard InChI is InChI=1S/C10H14FNO3S/c1-2-8-4-3-5-9(15-7-6-11)10(8)16(12,13)14/h3-5H,2,6-7H2,1H3,(H2,12,13,14). The number of hydrogen-bond donors (Lipinski definition) is 1. The van der Waals surface area contributed by atoms with E-state index in [0.717, 1.165) is 0 Å². The zero-order chi connectivity index (χ0) is 12.2. The molecule has 0 aliphatic rings. The Balaban J connectivity index is 3.27. The molecule has 0 unspecified atom stereocenters. The molecular formula is C10H14FNO3S. The third-order valence-electron chi connectivity index (χ3n) is 2.06. The summed E-state index contributed by atoms with van der Waals surface area (Å²) >= 11 is 0. The molecule has 0 radical (unpaired) electrons. The average Bonchev–Trinajstić information content (AvgIpc) is 2.24. The molecule has 0 aliphatic carbocycles. The van der Waals surface area contributed by atoms with E-state index in [9.17, 15) is 12.8 Å². The quantitative estimate of drug-likeness (QED) is 0.851. The highest BCUT2D eigenvalue weighted by Gasteiger charge is 2.19. The Morgan fingerprint density at radius 2 is 2.12 bits per heavy atom. The van der Waals surface area contributed by atoms with Gasteiger partial charge in [-0.2, -0.15) is 0 Å². The highest BCUT2D eigenvalue weighted by molar-refractivity contribution is 7.89. The van der Waals surface area contributed by atoms with Crippen molar-refractivity contribution in [3.8, 4) is 5.75 Å². The summed E-state index contributed by atoms with van der Waals surface area (Å²) in [6, 6.07) is 4.78. The minimum atomic E-state index is -3.85. The van der Waals surface area contributed by atoms with Crippen LogP contribution in [-0.4, -0.2) is 21.7 Å². The molecule has 2 N–H and O–H groups in total. The van der Waals surface area contributed by atoms with Crippen molar-refractivity contribution < 1.29 is 17.5 Å². The summed E-state index contributed by atoms with van der Waals surface area (Å²) in [6.07, 6.45) is 0.512. The zero-order valence-electron chi connectivity index (χ0n) is 8.94. The minimum Gasteiger partial charge on any atom is -0.489 e. The van der Waals surface area contributed by atoms with E-state index >= 15 is 0 Å². The Hall–Kier alpha value is -1.14. The lowest BCUT2D eigenvalue weighted by Crippen LogP contribution is -2.16. The first-order valence-corrected chi connectivity index (χ1v) is 6.38. The van der Waals surface area contributed by atoms with Crippen molar-refractivity contribution >= 4 is 10.0 Å². The van der Waals surface area contributed by atoms with Crippen molar-refractivity contribution in [3.63, 3.8) is 0 Å². The summed E-state index contributed by atoms with van der Waals surface area (Å²) in [5.74, 6) is 0.111. The van der Waals surface area contributed by atoms with Gasteiger partial charge in [0.2, 0.25) is 10.0 Å². The maximum absolute atomic E-state index is 12.0. The van der Waals surface area contributed by atoms with Crippen molar-refractivity contribution in [2.75, 3.05) is 13.3 Å². The minimum absolute atomic E-state index is 0.0500. The number of hydrogen-bond acceptors (Lipinski definition) is 3. The third-order valence-corrected chi connectivity index (χ3v) is 3.09. The molecule has 1 aromatic rings. The highest BCUT2D eigenvalue weighted by atomic mass is 32.2. The van der Waals surface area contributed by atoms with Gasteiger partial charge in [0.05, 0.1) is 0 Å². The zero-order valence-corrected chi connectivity index (χ0v) is 9.76. The van der Waals surface area contributed by atoms with Crippen molar-refractivity contribution in [1.82, 2.24) is 0 Å². The van der Waals surface area contributed by atoms with E-state index in [1.54, 1.807) is 12.1 Å². The lowest BCUT2D eigenvalue weighted by atomic mass is 10.1. The van der Waals surface area contributed by atoms with Crippen LogP contribution in [0.25, 0.3) is 0 Å². The van der Waals surface area contributed by atoms with Crippen LogP contribution in [0, 0.1) is 0 Å². The largest absolute Gasteiger partial charge is 0.489 e. The summed E-state index contributed by atoms with van der Waals surface area (Å²) in [4.78, 5) is -0.0500. The third kappa shape index (κ3) is 2.93. The molecule has 4 nitrogen and oxygen atoms in total. The summed E-state index contributed by atoms with van der Waals surface area (Å²) in [5, 5.41) is 5.10. The van der Waals surface area contributed by atoms with Gasteiger partial charge in [-0.1, -0.05) is 19.1 Å². The molecule has 0 aliphatic heterocycles. The molecule has 0 heterocycles. The van der Waals surface area contributed by atoms with Crippen molar-refractivity contribution in [1.29, 1.82) is 0 Å². The molecule has 0 bridgehead atoms. The van der Waals surface area contributed by atoms with Crippen LogP contribution in [0.1, 0.15) is 12.5 Å². The van der Waals surface area contributed by atoms with Gasteiger partial charge in [0.1, 0.15) is 23.9 Å². The van der Waals surface area contributed by atoms with Gasteiger partial charge in [-0.3, -0.25) is 0 Å². The van der Waals surface area contributed by atoms with E-state index in [0.29, 0.717) is 12.0 Å². The first-order valence-electron chi connectivity index (χ1n) is 4.84. The number of nitrogens with two attached hydrogens (primary N) is 1. The second-order valence-corrected chi connectivity index (χ2v) is 4.68. The van der Waals surface area contributed by atoms with Crippen LogP contribution < -0.4 is 9.88 Å². The van der Waals surface area contributed by atoms with Crippen LogP contribution in [0.2, 0.25) is 0 Å². The highest BCUT2D eigenvalue weighted by Crippen LogP contribution is 2.26. The molecule has 0 amide bonds. The SMILES string of the molecule is CCc1cccc(OCCF)c1S(N)(=O)=O. The number of primary sulfonamides is 1. The van der Waals surface area contributed by atoms with Gasteiger partial charge in [-0.15, -0.1) is 0 Å². The molecule has 6 heteroatoms. The Kier molecular flexibility index (Phi) is 4.26. The van der Waals surface area contributed by atoms with Gasteiger partial charge in [-0.25, -0.2) is 17.9 Å². The number of sulfonamides is 1. The summed E-state index contributed by atoms with van der Waals surface area (Å²) in [7, 11) is -3.85. The van der Waals surface area contributed by atoms with Crippen molar-refractivity contribution in [2.24, 2.45) is 5.14 Å². The monoisotopic (exact) mass is 247 g/mol. The van der Waals surface area contributed by atoms with E-state index in [4.69, 9.17) is 9.88 Å². The molecule has 0 fully saturated rings. The second-order valence-electron chi connectivity index (χ2n) is 3.18. The lowest BCUT2D eigenvalue weighted by molar-refractivity contribution is 0.267. The predicted octanol–water partition coefficient (Wildman–Crippen LogP) is 1.24. The maximum atomic E-state index is 12.0. The van der Waals surface area contributed by atoms with Gasteiger partial charge in [-0.05, 0) is 18.1 Å². The number of ether oxygens (including phenoxy) is 1. The Bertz CT molecular complexity index is 459. The van der Waals surface area contributed by atoms with E-state index < -0.39 is 16.7 Å². The van der Waals surface area contributed by atoms with E-state index in [1.807, 2.05) is 6.92 Å². The van der Waals surface area contributed by atoms with Gasteiger partial charge in [0.15, 0.2) is 0 Å². The van der Waals surface area contributed by atoms with Crippen LogP contribution in [0.15, 0.2) is 23.1 Å². The lowest BCUT2D eigenvalue weighted by Gasteiger charge is -2.12. The van der Waals surface area contributed by atoms with Crippen LogP contribution in [0.4, 0.5) is 4.39 Å². The topological polar surface area (TPSA) is 69.4 Å². The van der Waals surface area contributed by atoms with Crippen molar-refractivity contribution in [3.05, 3.63) is 23.8 Å². The Labute approximate surface area is 94.3 Å². The van der Waals surface area contributed by atoms with Crippen LogP contribution >= 0.6 is 0 Å². The number of benzene rings is 1. The number of aryl methyl sites for hydroxylation is 1. The molecule has 0 atom stereocenters. The van der Waals surface area contributed by atoms with Gasteiger partial charge < -0.3 is 4.74 Å². The number of halogens is 1. The Morgan fingerprint density at radius 1 is 1.44 bits per heavy atom. The molecule has 0 aromatic heterocycles. The fourth-order valence-corrected chi connectivity index (χ4v) is 2.41. The predicted molar refractivity (Wildman–Crippen MR) is 58.7 cm³/mol. The first-order chi connectivity index (χ1) is 7.50. The average molecular weight is 247 g/mol. The van der Waals surface area contributed by atoms with E-state index in [2.05, 4.69) is 0 Å². The molecular weight excluding hydrogens is 233 g/mol. The molecule has 0 saturated heterocycles. The molecule has 16 heavy (non-hydrogen) atoms. The first kappa shape index (κ1) is 12.9. The maximum Gasteiger partial charge on any atom is 0.242 e. The second kappa shape index (κ2) is 5.27. The Morgan fingerprint density at radius 3 is 2.62 bits per heavy atom. The summed E-state index contributed by atoms with van der Waals surface area (Å²) < 4.78 is 39.8. The van der Waals surface area contributed by atoms with Crippen molar-refractivity contribution in [2.45, 2.75) is 18.2 Å². The van der Waals surface area contributed by atoms with Gasteiger partial charge in [0.25, 0.3) is 0 Å². The summed E-state index contributed by atoms with van der Waals surface area (Å²) in [6.45, 7) is 0.943. The molecule has 0 spiro atoms.